The zero-order valence-corrected chi connectivity index (χ0v) is 6.34. The summed E-state index contributed by atoms with van der Waals surface area (Å²) in [6.45, 7) is 0.652. The van der Waals surface area contributed by atoms with E-state index in [2.05, 4.69) is 0 Å². The van der Waals surface area contributed by atoms with Crippen molar-refractivity contribution in [1.29, 1.82) is 0 Å². The Labute approximate surface area is 70.2 Å². The topological polar surface area (TPSA) is 86.6 Å². The van der Waals surface area contributed by atoms with Crippen LogP contribution >= 0.6 is 0 Å². The molecule has 0 aliphatic heterocycles. The van der Waals surface area contributed by atoms with Crippen LogP contribution in [-0.4, -0.2) is 34.0 Å². The first-order valence-electron chi connectivity index (χ1n) is 2.92. The molecule has 1 amide bonds. The largest absolute Gasteiger partial charge is 0.477 e. The van der Waals surface area contributed by atoms with Crippen molar-refractivity contribution < 1.29 is 33.0 Å². The van der Waals surface area contributed by atoms with Gasteiger partial charge < -0.3 is 15.5 Å². The van der Waals surface area contributed by atoms with Gasteiger partial charge in [-0.25, -0.2) is 4.79 Å². The first-order valence-corrected chi connectivity index (χ1v) is 2.92. The van der Waals surface area contributed by atoms with Gasteiger partial charge in [0.15, 0.2) is 0 Å². The minimum Gasteiger partial charge on any atom is -0.477 e. The number of hydrogen-bond donors (Lipinski definition) is 3. The maximum Gasteiger partial charge on any atom is 0.448 e. The van der Waals surface area contributed by atoms with Gasteiger partial charge in [-0.1, -0.05) is 0 Å². The Morgan fingerprint density at radius 1 is 1.31 bits per heavy atom. The van der Waals surface area contributed by atoms with Crippen LogP contribution in [0.5, 0.6) is 0 Å². The van der Waals surface area contributed by atoms with Gasteiger partial charge in [0.2, 0.25) is 5.91 Å². The Balaban J connectivity index is 4.96. The molecule has 0 aliphatic carbocycles. The fourth-order valence-electron chi connectivity index (χ4n) is 0.500. The van der Waals surface area contributed by atoms with Gasteiger partial charge in [0.1, 0.15) is 0 Å². The summed E-state index contributed by atoms with van der Waals surface area (Å²) in [4.78, 5) is 20.2. The number of carbonyl (C=O) groups excluding carboxylic acids is 1. The molecule has 5 nitrogen and oxygen atoms in total. The third-order valence-electron chi connectivity index (χ3n) is 1.08. The summed E-state index contributed by atoms with van der Waals surface area (Å²) in [6.07, 6.45) is -5.47. The molecule has 0 fully saturated rings. The van der Waals surface area contributed by atoms with Gasteiger partial charge in [-0.05, 0) is 0 Å². The highest BCUT2D eigenvalue weighted by Crippen LogP contribution is 2.28. The fourth-order valence-corrected chi connectivity index (χ4v) is 0.500. The van der Waals surface area contributed by atoms with E-state index < -0.39 is 23.8 Å². The van der Waals surface area contributed by atoms with E-state index in [4.69, 9.17) is 10.2 Å². The summed E-state index contributed by atoms with van der Waals surface area (Å²) in [6, 6.07) is 0. The minimum absolute atomic E-state index is 0.652. The van der Waals surface area contributed by atoms with Crippen molar-refractivity contribution in [2.45, 2.75) is 18.8 Å². The number of carbonyl (C=O) groups is 2. The molecule has 8 heteroatoms. The average molecular weight is 201 g/mol. The highest BCUT2D eigenvalue weighted by Gasteiger charge is 2.61. The van der Waals surface area contributed by atoms with Crippen molar-refractivity contribution in [3.8, 4) is 0 Å². The molecule has 0 spiro atoms. The lowest BCUT2D eigenvalue weighted by Crippen LogP contribution is -2.63. The van der Waals surface area contributed by atoms with Crippen LogP contribution in [0.2, 0.25) is 0 Å². The second-order valence-corrected chi connectivity index (χ2v) is 2.19. The second kappa shape index (κ2) is 3.21. The SMILES string of the molecule is CC(=O)N[C@](O)(C(=O)O)C(F)(F)F. The molecule has 0 saturated heterocycles. The van der Waals surface area contributed by atoms with Crippen LogP contribution in [0.25, 0.3) is 0 Å². The number of carboxylic acids is 1. The lowest BCUT2D eigenvalue weighted by Gasteiger charge is -2.25. The lowest BCUT2D eigenvalue weighted by molar-refractivity contribution is -0.268. The average Bonchev–Trinajstić information content (AvgIpc) is 1.82. The van der Waals surface area contributed by atoms with Gasteiger partial charge >= 0.3 is 17.9 Å². The van der Waals surface area contributed by atoms with Gasteiger partial charge in [0, 0.05) is 6.92 Å². The van der Waals surface area contributed by atoms with Gasteiger partial charge in [-0.15, -0.1) is 0 Å². The molecule has 1 atom stereocenters. The van der Waals surface area contributed by atoms with Crippen molar-refractivity contribution in [2.75, 3.05) is 0 Å². The molecule has 0 aromatic heterocycles. The van der Waals surface area contributed by atoms with Crippen LogP contribution < -0.4 is 5.32 Å². The van der Waals surface area contributed by atoms with Crippen LogP contribution in [-0.2, 0) is 9.59 Å². The summed E-state index contributed by atoms with van der Waals surface area (Å²) in [7, 11) is 0. The van der Waals surface area contributed by atoms with Gasteiger partial charge in [-0.3, -0.25) is 4.79 Å². The second-order valence-electron chi connectivity index (χ2n) is 2.19. The molecular formula is C5H6F3NO4. The predicted molar refractivity (Wildman–Crippen MR) is 32.5 cm³/mol. The molecule has 0 unspecified atom stereocenters. The van der Waals surface area contributed by atoms with E-state index in [1.54, 1.807) is 0 Å². The number of amides is 1. The molecule has 3 N–H and O–H groups in total. The molecule has 0 bridgehead atoms. The van der Waals surface area contributed by atoms with E-state index in [0.29, 0.717) is 6.92 Å². The quantitative estimate of drug-likeness (QED) is 0.523. The summed E-state index contributed by atoms with van der Waals surface area (Å²) in [5.41, 5.74) is -4.22. The summed E-state index contributed by atoms with van der Waals surface area (Å²) in [5, 5.41) is 17.5. The fraction of sp³-hybridized carbons (Fsp3) is 0.600. The smallest absolute Gasteiger partial charge is 0.448 e. The number of alkyl halides is 3. The number of aliphatic carboxylic acids is 1. The highest BCUT2D eigenvalue weighted by molar-refractivity contribution is 5.85. The number of rotatable bonds is 2. The maximum absolute atomic E-state index is 11.9. The predicted octanol–water partition coefficient (Wildman–Crippen LogP) is -0.542. The molecule has 0 aromatic rings. The lowest BCUT2D eigenvalue weighted by atomic mass is 10.2. The molecular weight excluding hydrogens is 195 g/mol. The standard InChI is InChI=1S/C5H6F3NO4/c1-2(10)9-4(13,3(11)12)5(6,7)8/h13H,1H3,(H,9,10)(H,11,12)/t4-/m0/s1. The van der Waals surface area contributed by atoms with E-state index in [9.17, 15) is 22.8 Å². The third-order valence-corrected chi connectivity index (χ3v) is 1.08. The normalized spacial score (nSPS) is 16.1. The van der Waals surface area contributed by atoms with Crippen molar-refractivity contribution in [2.24, 2.45) is 0 Å². The van der Waals surface area contributed by atoms with Gasteiger partial charge in [0.05, 0.1) is 0 Å². The molecule has 13 heavy (non-hydrogen) atoms. The molecule has 0 radical (unpaired) electrons. The van der Waals surface area contributed by atoms with E-state index >= 15 is 0 Å². The van der Waals surface area contributed by atoms with E-state index in [1.807, 2.05) is 0 Å². The number of halogens is 3. The van der Waals surface area contributed by atoms with Crippen LogP contribution in [0, 0.1) is 0 Å². The maximum atomic E-state index is 11.9. The Morgan fingerprint density at radius 2 is 1.69 bits per heavy atom. The molecule has 0 saturated carbocycles. The molecule has 0 aromatic carbocycles. The number of hydrogen-bond acceptors (Lipinski definition) is 3. The van der Waals surface area contributed by atoms with Crippen molar-refractivity contribution >= 4 is 11.9 Å². The summed E-state index contributed by atoms with van der Waals surface area (Å²) in [5.74, 6) is -3.89. The van der Waals surface area contributed by atoms with Crippen LogP contribution in [0.15, 0.2) is 0 Å². The molecule has 76 valence electrons. The Bertz CT molecular complexity index is 238. The highest BCUT2D eigenvalue weighted by atomic mass is 19.4. The molecule has 0 rings (SSSR count). The zero-order valence-electron chi connectivity index (χ0n) is 6.34. The number of carboxylic acid groups (broad SMARTS) is 1. The first-order chi connectivity index (χ1) is 5.61. The molecule has 0 heterocycles. The Kier molecular flexibility index (Phi) is 2.88. The van der Waals surface area contributed by atoms with Crippen LogP contribution in [0.3, 0.4) is 0 Å². The summed E-state index contributed by atoms with van der Waals surface area (Å²) >= 11 is 0. The number of aliphatic hydroxyl groups is 1. The van der Waals surface area contributed by atoms with Crippen molar-refractivity contribution in [3.05, 3.63) is 0 Å². The van der Waals surface area contributed by atoms with Crippen LogP contribution in [0.4, 0.5) is 13.2 Å². The van der Waals surface area contributed by atoms with Crippen LogP contribution in [0.1, 0.15) is 6.92 Å². The summed E-state index contributed by atoms with van der Waals surface area (Å²) < 4.78 is 35.6. The Hall–Kier alpha value is -1.31. The number of nitrogens with one attached hydrogen (secondary N) is 1. The van der Waals surface area contributed by atoms with E-state index in [-0.39, 0.29) is 0 Å². The van der Waals surface area contributed by atoms with Crippen molar-refractivity contribution in [1.82, 2.24) is 5.32 Å². The van der Waals surface area contributed by atoms with Gasteiger partial charge in [-0.2, -0.15) is 13.2 Å². The van der Waals surface area contributed by atoms with Crippen molar-refractivity contribution in [3.63, 3.8) is 0 Å². The minimum atomic E-state index is -5.47. The van der Waals surface area contributed by atoms with Gasteiger partial charge in [0.25, 0.3) is 0 Å². The third kappa shape index (κ3) is 2.31. The molecule has 0 aliphatic rings. The monoisotopic (exact) mass is 201 g/mol. The van der Waals surface area contributed by atoms with E-state index in [0.717, 1.165) is 5.32 Å². The first kappa shape index (κ1) is 11.7. The van der Waals surface area contributed by atoms with E-state index in [1.165, 1.54) is 0 Å². The Morgan fingerprint density at radius 3 is 1.77 bits per heavy atom. The zero-order chi connectivity index (χ0) is 10.9.